The molecule has 0 amide bonds. The van der Waals surface area contributed by atoms with Crippen molar-refractivity contribution in [2.45, 2.75) is 27.9 Å². The van der Waals surface area contributed by atoms with E-state index in [0.717, 1.165) is 0 Å². The lowest BCUT2D eigenvalue weighted by molar-refractivity contribution is 0.324. The Bertz CT molecular complexity index is 659. The molecule has 23 heavy (non-hydrogen) atoms. The molecule has 0 aromatic heterocycles. The maximum Gasteiger partial charge on any atom is 0.174 e. The van der Waals surface area contributed by atoms with Gasteiger partial charge in [0.1, 0.15) is 21.2 Å². The summed E-state index contributed by atoms with van der Waals surface area (Å²) in [6, 6.07) is 3.47. The number of ether oxygens (including phenoxy) is 2. The van der Waals surface area contributed by atoms with Gasteiger partial charge in [0, 0.05) is 11.1 Å². The van der Waals surface area contributed by atoms with Crippen LogP contribution in [0, 0.1) is 0 Å². The van der Waals surface area contributed by atoms with Gasteiger partial charge < -0.3 is 9.47 Å². The number of rotatable bonds is 4. The Kier molecular flexibility index (Phi) is 4.45. The zero-order valence-corrected chi connectivity index (χ0v) is 16.7. The Hall–Kier alpha value is 0.300. The lowest BCUT2D eigenvalue weighted by atomic mass is 9.93. The minimum Gasteiger partial charge on any atom is -0.493 e. The van der Waals surface area contributed by atoms with Crippen LogP contribution in [0.3, 0.4) is 0 Å². The van der Waals surface area contributed by atoms with Gasteiger partial charge in [0.25, 0.3) is 0 Å². The zero-order valence-electron chi connectivity index (χ0n) is 12.2. The highest BCUT2D eigenvalue weighted by atomic mass is 35.5. The largest absolute Gasteiger partial charge is 0.493 e. The molecule has 0 heterocycles. The molecule has 2 atom stereocenters. The summed E-state index contributed by atoms with van der Waals surface area (Å²) in [4.78, 5) is -3.02. The molecule has 0 saturated heterocycles. The predicted octanol–water partition coefficient (Wildman–Crippen LogP) is 6.24. The van der Waals surface area contributed by atoms with Crippen molar-refractivity contribution >= 4 is 69.6 Å². The van der Waals surface area contributed by atoms with Crippen molar-refractivity contribution in [3.8, 4) is 11.5 Å². The molecule has 3 rings (SSSR count). The van der Waals surface area contributed by atoms with Crippen LogP contribution in [-0.4, -0.2) is 17.5 Å². The Morgan fingerprint density at radius 1 is 0.783 bits per heavy atom. The molecule has 0 saturated carbocycles. The Balaban J connectivity index is 2.42. The smallest absolute Gasteiger partial charge is 0.174 e. The second-order valence-corrected chi connectivity index (χ2v) is 8.41. The van der Waals surface area contributed by atoms with Gasteiger partial charge in [-0.15, -0.1) is 23.2 Å². The Labute approximate surface area is 164 Å². The summed E-state index contributed by atoms with van der Waals surface area (Å²) in [5, 5.41) is 0.200. The fourth-order valence-corrected chi connectivity index (χ4v) is 5.85. The third kappa shape index (κ3) is 1.91. The normalized spacial score (nSPS) is 30.6. The fraction of sp³-hybridized carbons (Fsp3) is 0.467. The molecule has 2 aliphatic carbocycles. The minimum absolute atomic E-state index is 0.0999. The first-order valence-corrected chi connectivity index (χ1v) is 9.21. The molecule has 0 spiro atoms. The summed E-state index contributed by atoms with van der Waals surface area (Å²) in [5.74, 6) is 0.993. The highest BCUT2D eigenvalue weighted by Crippen LogP contribution is 2.79. The molecule has 1 aromatic rings. The Morgan fingerprint density at radius 3 is 1.43 bits per heavy atom. The van der Waals surface area contributed by atoms with Gasteiger partial charge in [0.15, 0.2) is 4.33 Å². The Morgan fingerprint density at radius 2 is 1.13 bits per heavy atom. The predicted molar refractivity (Wildman–Crippen MR) is 97.0 cm³/mol. The molecular formula is C15H12Cl6O2. The maximum absolute atomic E-state index is 6.81. The minimum atomic E-state index is -1.70. The van der Waals surface area contributed by atoms with Crippen LogP contribution in [0.5, 0.6) is 11.5 Å². The molecule has 0 aliphatic heterocycles. The number of hydrogen-bond donors (Lipinski definition) is 0. The molecule has 2 aliphatic rings. The van der Waals surface area contributed by atoms with Gasteiger partial charge in [-0.3, -0.25) is 0 Å². The van der Waals surface area contributed by atoms with Gasteiger partial charge >= 0.3 is 0 Å². The highest BCUT2D eigenvalue weighted by molar-refractivity contribution is 6.65. The van der Waals surface area contributed by atoms with E-state index in [1.54, 1.807) is 12.1 Å². The van der Waals surface area contributed by atoms with E-state index in [1.807, 2.05) is 13.8 Å². The van der Waals surface area contributed by atoms with E-state index in [-0.39, 0.29) is 10.1 Å². The van der Waals surface area contributed by atoms with Crippen molar-refractivity contribution in [3.63, 3.8) is 0 Å². The second kappa shape index (κ2) is 5.65. The van der Waals surface area contributed by atoms with Crippen LogP contribution in [0.4, 0.5) is 0 Å². The van der Waals surface area contributed by atoms with Crippen molar-refractivity contribution in [3.05, 3.63) is 33.3 Å². The van der Waals surface area contributed by atoms with Crippen LogP contribution in [0.15, 0.2) is 22.2 Å². The van der Waals surface area contributed by atoms with Crippen molar-refractivity contribution in [1.82, 2.24) is 0 Å². The van der Waals surface area contributed by atoms with Crippen molar-refractivity contribution in [2.24, 2.45) is 0 Å². The van der Waals surface area contributed by atoms with Crippen LogP contribution in [0.25, 0.3) is 0 Å². The second-order valence-electron chi connectivity index (χ2n) is 5.20. The van der Waals surface area contributed by atoms with E-state index >= 15 is 0 Å². The number of fused-ring (bicyclic) bond motifs is 5. The van der Waals surface area contributed by atoms with E-state index < -0.39 is 14.1 Å². The first kappa shape index (κ1) is 18.1. The third-order valence-corrected chi connectivity index (χ3v) is 8.16. The quantitative estimate of drug-likeness (QED) is 0.520. The summed E-state index contributed by atoms with van der Waals surface area (Å²) >= 11 is 39.5. The van der Waals surface area contributed by atoms with Crippen LogP contribution >= 0.6 is 69.6 Å². The van der Waals surface area contributed by atoms with Crippen LogP contribution in [-0.2, 0) is 9.75 Å². The zero-order chi connectivity index (χ0) is 17.2. The molecule has 2 nitrogen and oxygen atoms in total. The summed E-state index contributed by atoms with van der Waals surface area (Å²) in [6.07, 6.45) is 0. The fourth-order valence-electron chi connectivity index (χ4n) is 3.15. The summed E-state index contributed by atoms with van der Waals surface area (Å²) in [6.45, 7) is 4.56. The molecule has 8 heteroatoms. The number of allylic oxidation sites excluding steroid dienone is 2. The SMILES string of the molecule is CCOc1ccc(OCC)c2c1C1(Cl)C(Cl)=C(Cl)C2(Cl)C1(Cl)Cl. The number of hydrogen-bond acceptors (Lipinski definition) is 2. The highest BCUT2D eigenvalue weighted by Gasteiger charge is 2.79. The molecular weight excluding hydrogens is 425 g/mol. The lowest BCUT2D eigenvalue weighted by Gasteiger charge is -2.31. The lowest BCUT2D eigenvalue weighted by Crippen LogP contribution is -2.39. The molecule has 2 unspecified atom stereocenters. The van der Waals surface area contributed by atoms with E-state index in [1.165, 1.54) is 0 Å². The number of halogens is 6. The summed E-state index contributed by atoms with van der Waals surface area (Å²) in [5.41, 5.74) is 1.00. The monoisotopic (exact) mass is 434 g/mol. The average Bonchev–Trinajstić information content (AvgIpc) is 2.71. The molecule has 126 valence electrons. The van der Waals surface area contributed by atoms with Crippen LogP contribution in [0.1, 0.15) is 25.0 Å². The molecule has 0 radical (unpaired) electrons. The van der Waals surface area contributed by atoms with E-state index in [4.69, 9.17) is 79.1 Å². The molecule has 1 aromatic carbocycles. The number of benzene rings is 1. The molecule has 2 bridgehead atoms. The van der Waals surface area contributed by atoms with Gasteiger partial charge in [0.05, 0.1) is 23.3 Å². The maximum atomic E-state index is 6.81. The summed E-state index contributed by atoms with van der Waals surface area (Å²) in [7, 11) is 0. The standard InChI is InChI=1S/C15H12Cl6O2/c1-3-22-7-5-6-8(23-4-2)10-9(7)13(18)11(16)12(17)14(10,19)15(13,20)21/h5-6H,3-4H2,1-2H3. The molecule has 0 fully saturated rings. The van der Waals surface area contributed by atoms with Crippen molar-refractivity contribution in [2.75, 3.05) is 13.2 Å². The average molecular weight is 437 g/mol. The van der Waals surface area contributed by atoms with Crippen LogP contribution in [0.2, 0.25) is 0 Å². The topological polar surface area (TPSA) is 18.5 Å². The van der Waals surface area contributed by atoms with Crippen molar-refractivity contribution < 1.29 is 9.47 Å². The first-order valence-electron chi connectivity index (χ1n) is 6.94. The number of alkyl halides is 4. The van der Waals surface area contributed by atoms with E-state index in [0.29, 0.717) is 35.8 Å². The van der Waals surface area contributed by atoms with Gasteiger partial charge in [-0.1, -0.05) is 46.4 Å². The van der Waals surface area contributed by atoms with E-state index in [2.05, 4.69) is 0 Å². The van der Waals surface area contributed by atoms with Gasteiger partial charge in [-0.05, 0) is 26.0 Å². The van der Waals surface area contributed by atoms with Gasteiger partial charge in [-0.2, -0.15) is 0 Å². The van der Waals surface area contributed by atoms with Crippen LogP contribution < -0.4 is 9.47 Å². The van der Waals surface area contributed by atoms with E-state index in [9.17, 15) is 0 Å². The first-order chi connectivity index (χ1) is 10.7. The van der Waals surface area contributed by atoms with Gasteiger partial charge in [0.2, 0.25) is 0 Å². The van der Waals surface area contributed by atoms with Crippen molar-refractivity contribution in [1.29, 1.82) is 0 Å². The third-order valence-electron chi connectivity index (χ3n) is 4.08. The van der Waals surface area contributed by atoms with Gasteiger partial charge in [-0.25, -0.2) is 0 Å². The molecule has 0 N–H and O–H groups in total. The summed E-state index contributed by atoms with van der Waals surface area (Å²) < 4.78 is 9.67.